The molecule has 0 aliphatic heterocycles. The summed E-state index contributed by atoms with van der Waals surface area (Å²) in [5.74, 6) is 1.57. The number of carbonyl (C=O) groups excluding carboxylic acids is 2. The summed E-state index contributed by atoms with van der Waals surface area (Å²) in [6, 6.07) is 21.4. The van der Waals surface area contributed by atoms with Crippen LogP contribution < -0.4 is 9.62 Å². The monoisotopic (exact) mass is 723 g/mol. The molecule has 0 unspecified atom stereocenters. The molecule has 7 nitrogen and oxygen atoms in total. The molecule has 0 radical (unpaired) electrons. The summed E-state index contributed by atoms with van der Waals surface area (Å²) in [4.78, 5) is 29.9. The second kappa shape index (κ2) is 14.7. The summed E-state index contributed by atoms with van der Waals surface area (Å²) >= 11 is 12.6. The topological polar surface area (TPSA) is 86.8 Å². The molecular weight excluding hydrogens is 677 g/mol. The number of halogens is 2. The van der Waals surface area contributed by atoms with Crippen molar-refractivity contribution in [3.05, 3.63) is 99.5 Å². The maximum atomic E-state index is 14.5. The van der Waals surface area contributed by atoms with Gasteiger partial charge in [0.15, 0.2) is 0 Å². The van der Waals surface area contributed by atoms with Gasteiger partial charge in [-0.2, -0.15) is 0 Å². The van der Waals surface area contributed by atoms with E-state index in [0.29, 0.717) is 27.7 Å². The standard InChI is InChI=1S/C39H47Cl2N3O4S/c1-4-26(2)42-38(46)36(20-27-8-6-5-7-9-27)43(24-28-10-15-34(40)35(41)19-28)37(45)25-44(49(3,47)48)33-13-11-32(12-14-33)39-21-29-16-30(22-39)18-31(17-29)23-39/h5-15,19,26,29-31,36H,4,16-18,20-25H2,1-3H3,(H,42,46)/t26-,29?,30?,31?,36-,39?/m1/s1. The number of carbonyl (C=O) groups is 2. The fraction of sp³-hybridized carbons (Fsp3) is 0.487. The van der Waals surface area contributed by atoms with Crippen molar-refractivity contribution in [3.8, 4) is 0 Å². The lowest BCUT2D eigenvalue weighted by Crippen LogP contribution is -2.54. The zero-order valence-corrected chi connectivity index (χ0v) is 30.9. The van der Waals surface area contributed by atoms with Crippen LogP contribution in [-0.4, -0.2) is 50.0 Å². The maximum absolute atomic E-state index is 14.5. The van der Waals surface area contributed by atoms with Crippen molar-refractivity contribution < 1.29 is 18.0 Å². The second-order valence-corrected chi connectivity index (χ2v) is 17.5. The van der Waals surface area contributed by atoms with Crippen molar-refractivity contribution in [2.45, 2.75) is 89.3 Å². The molecule has 7 rings (SSSR count). The number of benzene rings is 3. The first-order valence-electron chi connectivity index (χ1n) is 17.5. The van der Waals surface area contributed by atoms with Gasteiger partial charge >= 0.3 is 0 Å². The lowest BCUT2D eigenvalue weighted by molar-refractivity contribution is -0.140. The van der Waals surface area contributed by atoms with E-state index in [2.05, 4.69) is 17.4 Å². The minimum atomic E-state index is -3.87. The number of hydrogen-bond acceptors (Lipinski definition) is 4. The molecule has 4 fully saturated rings. The van der Waals surface area contributed by atoms with E-state index in [9.17, 15) is 18.0 Å². The van der Waals surface area contributed by atoms with Gasteiger partial charge in [0.05, 0.1) is 22.0 Å². The maximum Gasteiger partial charge on any atom is 0.244 e. The van der Waals surface area contributed by atoms with Gasteiger partial charge in [0.25, 0.3) is 0 Å². The third-order valence-electron chi connectivity index (χ3n) is 11.1. The number of anilines is 1. The predicted octanol–water partition coefficient (Wildman–Crippen LogP) is 7.78. The third-order valence-corrected chi connectivity index (χ3v) is 13.0. The first-order chi connectivity index (χ1) is 23.3. The third kappa shape index (κ3) is 8.13. The molecule has 0 heterocycles. The van der Waals surface area contributed by atoms with Gasteiger partial charge in [-0.15, -0.1) is 0 Å². The fourth-order valence-electron chi connectivity index (χ4n) is 8.89. The minimum Gasteiger partial charge on any atom is -0.352 e. The summed E-state index contributed by atoms with van der Waals surface area (Å²) < 4.78 is 27.9. The highest BCUT2D eigenvalue weighted by molar-refractivity contribution is 7.92. The Morgan fingerprint density at radius 3 is 2.04 bits per heavy atom. The first kappa shape index (κ1) is 35.7. The zero-order chi connectivity index (χ0) is 34.9. The van der Waals surface area contributed by atoms with Gasteiger partial charge in [0, 0.05) is 19.0 Å². The molecular formula is C39H47Cl2N3O4S. The van der Waals surface area contributed by atoms with E-state index < -0.39 is 28.5 Å². The molecule has 4 aliphatic carbocycles. The van der Waals surface area contributed by atoms with Crippen LogP contribution in [0.5, 0.6) is 0 Å². The Labute approximate surface area is 301 Å². The summed E-state index contributed by atoms with van der Waals surface area (Å²) in [7, 11) is -3.87. The molecule has 2 amide bonds. The molecule has 2 atom stereocenters. The zero-order valence-electron chi connectivity index (χ0n) is 28.6. The molecule has 3 aromatic carbocycles. The van der Waals surface area contributed by atoms with E-state index in [-0.39, 0.29) is 30.3 Å². The van der Waals surface area contributed by atoms with Gasteiger partial charge in [-0.3, -0.25) is 13.9 Å². The van der Waals surface area contributed by atoms with Crippen molar-refractivity contribution in [2.75, 3.05) is 17.1 Å². The molecule has 4 saturated carbocycles. The van der Waals surface area contributed by atoms with Crippen LogP contribution in [0.4, 0.5) is 5.69 Å². The number of rotatable bonds is 13. The largest absolute Gasteiger partial charge is 0.352 e. The van der Waals surface area contributed by atoms with Gasteiger partial charge in [-0.1, -0.05) is 78.7 Å². The van der Waals surface area contributed by atoms with E-state index in [4.69, 9.17) is 23.2 Å². The van der Waals surface area contributed by atoms with Gasteiger partial charge < -0.3 is 10.2 Å². The predicted molar refractivity (Wildman–Crippen MR) is 197 cm³/mol. The average Bonchev–Trinajstić information content (AvgIpc) is 3.06. The number of sulfonamides is 1. The van der Waals surface area contributed by atoms with Crippen LogP contribution in [0, 0.1) is 17.8 Å². The molecule has 0 aromatic heterocycles. The Hall–Kier alpha value is -3.07. The smallest absolute Gasteiger partial charge is 0.244 e. The number of amides is 2. The average molecular weight is 725 g/mol. The number of hydrogen-bond donors (Lipinski definition) is 1. The summed E-state index contributed by atoms with van der Waals surface area (Å²) in [6.45, 7) is 3.47. The molecule has 262 valence electrons. The van der Waals surface area contributed by atoms with Crippen LogP contribution in [0.25, 0.3) is 0 Å². The normalized spacial score (nSPS) is 23.9. The molecule has 49 heavy (non-hydrogen) atoms. The van der Waals surface area contributed by atoms with E-state index in [1.807, 2.05) is 56.3 Å². The fourth-order valence-corrected chi connectivity index (χ4v) is 10.1. The second-order valence-electron chi connectivity index (χ2n) is 14.8. The van der Waals surface area contributed by atoms with Gasteiger partial charge in [-0.25, -0.2) is 8.42 Å². The highest BCUT2D eigenvalue weighted by Gasteiger charge is 2.51. The van der Waals surface area contributed by atoms with Crippen molar-refractivity contribution in [3.63, 3.8) is 0 Å². The molecule has 3 aromatic rings. The van der Waals surface area contributed by atoms with Crippen molar-refractivity contribution in [2.24, 2.45) is 17.8 Å². The SMILES string of the molecule is CC[C@@H](C)NC(=O)[C@@H](Cc1ccccc1)N(Cc1ccc(Cl)c(Cl)c1)C(=O)CN(c1ccc(C23CC4CC(CC(C4)C2)C3)cc1)S(C)(=O)=O. The minimum absolute atomic E-state index is 0.0315. The summed E-state index contributed by atoms with van der Waals surface area (Å²) in [5.41, 5.74) is 3.43. The molecule has 4 bridgehead atoms. The van der Waals surface area contributed by atoms with Crippen LogP contribution in [0.15, 0.2) is 72.8 Å². The molecule has 0 spiro atoms. The molecule has 4 aliphatic rings. The van der Waals surface area contributed by atoms with E-state index in [1.165, 1.54) is 49.0 Å². The quantitative estimate of drug-likeness (QED) is 0.195. The Kier molecular flexibility index (Phi) is 10.7. The lowest BCUT2D eigenvalue weighted by atomic mass is 9.48. The van der Waals surface area contributed by atoms with Crippen LogP contribution >= 0.6 is 23.2 Å². The Balaban J connectivity index is 1.32. The van der Waals surface area contributed by atoms with Crippen molar-refractivity contribution in [1.29, 1.82) is 0 Å². The number of nitrogens with zero attached hydrogens (tertiary/aromatic N) is 2. The summed E-state index contributed by atoms with van der Waals surface area (Å²) in [5, 5.41) is 3.76. The highest BCUT2D eigenvalue weighted by atomic mass is 35.5. The first-order valence-corrected chi connectivity index (χ1v) is 20.1. The van der Waals surface area contributed by atoms with Crippen molar-refractivity contribution >= 4 is 50.7 Å². The van der Waals surface area contributed by atoms with Crippen LogP contribution in [0.3, 0.4) is 0 Å². The lowest BCUT2D eigenvalue weighted by Gasteiger charge is -2.57. The molecule has 1 N–H and O–H groups in total. The Bertz CT molecular complexity index is 1730. The van der Waals surface area contributed by atoms with E-state index >= 15 is 0 Å². The van der Waals surface area contributed by atoms with Crippen LogP contribution in [0.2, 0.25) is 10.0 Å². The van der Waals surface area contributed by atoms with Gasteiger partial charge in [0.1, 0.15) is 12.6 Å². The van der Waals surface area contributed by atoms with Gasteiger partial charge in [0.2, 0.25) is 21.8 Å². The summed E-state index contributed by atoms with van der Waals surface area (Å²) in [6.07, 6.45) is 9.74. The van der Waals surface area contributed by atoms with Gasteiger partial charge in [-0.05, 0) is 116 Å². The molecule has 10 heteroatoms. The number of nitrogens with one attached hydrogen (secondary N) is 1. The van der Waals surface area contributed by atoms with E-state index in [0.717, 1.165) is 33.9 Å². The molecule has 0 saturated heterocycles. The highest BCUT2D eigenvalue weighted by Crippen LogP contribution is 2.60. The van der Waals surface area contributed by atoms with Crippen LogP contribution in [-0.2, 0) is 38.0 Å². The van der Waals surface area contributed by atoms with Crippen LogP contribution in [0.1, 0.15) is 75.5 Å². The van der Waals surface area contributed by atoms with E-state index in [1.54, 1.807) is 18.2 Å². The van der Waals surface area contributed by atoms with Crippen molar-refractivity contribution in [1.82, 2.24) is 10.2 Å². The Morgan fingerprint density at radius 2 is 1.49 bits per heavy atom. The Morgan fingerprint density at radius 1 is 0.878 bits per heavy atom.